The zero-order chi connectivity index (χ0) is 15.3. The molecule has 2 N–H and O–H groups in total. The van der Waals surface area contributed by atoms with Gasteiger partial charge in [0.05, 0.1) is 0 Å². The summed E-state index contributed by atoms with van der Waals surface area (Å²) in [6, 6.07) is -1.13. The number of aliphatic carboxylic acids is 1. The summed E-state index contributed by atoms with van der Waals surface area (Å²) in [5.74, 6) is -2.14. The molecular formula is C11H13F3N2O3S. The van der Waals surface area contributed by atoms with Gasteiger partial charge in [-0.1, -0.05) is 19.8 Å². The Morgan fingerprint density at radius 3 is 2.60 bits per heavy atom. The molecule has 0 saturated heterocycles. The lowest BCUT2D eigenvalue weighted by molar-refractivity contribution is -0.139. The molecule has 0 spiro atoms. The van der Waals surface area contributed by atoms with E-state index >= 15 is 0 Å². The number of carboxylic acid groups (broad SMARTS) is 1. The third-order valence-corrected chi connectivity index (χ3v) is 3.32. The van der Waals surface area contributed by atoms with Gasteiger partial charge in [0.15, 0.2) is 5.01 Å². The summed E-state index contributed by atoms with van der Waals surface area (Å²) >= 11 is 0.294. The Hall–Kier alpha value is -1.64. The SMILES string of the molecule is CCCCC(NC(=O)c1csc(C(F)(F)F)n1)C(=O)O. The van der Waals surface area contributed by atoms with Crippen LogP contribution in [0.4, 0.5) is 13.2 Å². The van der Waals surface area contributed by atoms with Crippen LogP contribution in [-0.4, -0.2) is 28.0 Å². The minimum Gasteiger partial charge on any atom is -0.480 e. The highest BCUT2D eigenvalue weighted by atomic mass is 32.1. The lowest BCUT2D eigenvalue weighted by Crippen LogP contribution is -2.40. The molecule has 1 aromatic rings. The summed E-state index contributed by atoms with van der Waals surface area (Å²) < 4.78 is 37.0. The number of carbonyl (C=O) groups excluding carboxylic acids is 1. The molecule has 0 bridgehead atoms. The summed E-state index contributed by atoms with van der Waals surface area (Å²) in [6.45, 7) is 1.86. The number of aromatic nitrogens is 1. The molecule has 20 heavy (non-hydrogen) atoms. The van der Waals surface area contributed by atoms with Crippen molar-refractivity contribution >= 4 is 23.2 Å². The van der Waals surface area contributed by atoms with E-state index in [1.54, 1.807) is 0 Å². The third kappa shape index (κ3) is 4.48. The van der Waals surface area contributed by atoms with E-state index in [0.717, 1.165) is 11.8 Å². The van der Waals surface area contributed by atoms with Gasteiger partial charge in [-0.25, -0.2) is 9.78 Å². The molecule has 1 rings (SSSR count). The molecule has 0 saturated carbocycles. The molecule has 5 nitrogen and oxygen atoms in total. The predicted molar refractivity (Wildman–Crippen MR) is 65.5 cm³/mol. The second-order valence-corrected chi connectivity index (χ2v) is 4.90. The molecule has 0 aliphatic carbocycles. The first-order chi connectivity index (χ1) is 9.25. The quantitative estimate of drug-likeness (QED) is 0.846. The number of halogens is 3. The Balaban J connectivity index is 2.74. The minimum atomic E-state index is -4.61. The minimum absolute atomic E-state index is 0.216. The third-order valence-electron chi connectivity index (χ3n) is 2.43. The van der Waals surface area contributed by atoms with Crippen molar-refractivity contribution in [2.45, 2.75) is 38.4 Å². The van der Waals surface area contributed by atoms with Gasteiger partial charge in [-0.2, -0.15) is 13.2 Å². The van der Waals surface area contributed by atoms with Crippen LogP contribution in [0.25, 0.3) is 0 Å². The average Bonchev–Trinajstić information content (AvgIpc) is 2.83. The van der Waals surface area contributed by atoms with Crippen LogP contribution in [0, 0.1) is 0 Å². The van der Waals surface area contributed by atoms with Crippen LogP contribution in [0.5, 0.6) is 0 Å². The summed E-state index contributed by atoms with van der Waals surface area (Å²) in [5.41, 5.74) is -0.426. The van der Waals surface area contributed by atoms with Crippen molar-refractivity contribution in [2.24, 2.45) is 0 Å². The van der Waals surface area contributed by atoms with Gasteiger partial charge >= 0.3 is 12.1 Å². The first kappa shape index (κ1) is 16.4. The Kier molecular flexibility index (Phi) is 5.49. The van der Waals surface area contributed by atoms with E-state index in [9.17, 15) is 22.8 Å². The van der Waals surface area contributed by atoms with Crippen LogP contribution >= 0.6 is 11.3 Å². The van der Waals surface area contributed by atoms with E-state index in [1.165, 1.54) is 0 Å². The number of hydrogen-bond acceptors (Lipinski definition) is 4. The van der Waals surface area contributed by atoms with Crippen molar-refractivity contribution in [3.63, 3.8) is 0 Å². The molecule has 112 valence electrons. The van der Waals surface area contributed by atoms with Gasteiger partial charge in [-0.05, 0) is 6.42 Å². The molecule has 9 heteroatoms. The lowest BCUT2D eigenvalue weighted by atomic mass is 10.1. The van der Waals surface area contributed by atoms with E-state index in [-0.39, 0.29) is 6.42 Å². The number of carboxylic acids is 1. The average molecular weight is 310 g/mol. The summed E-state index contributed by atoms with van der Waals surface area (Å²) in [6.07, 6.45) is -3.07. The topological polar surface area (TPSA) is 79.3 Å². The van der Waals surface area contributed by atoms with E-state index in [4.69, 9.17) is 5.11 Å². The van der Waals surface area contributed by atoms with Crippen molar-refractivity contribution in [1.29, 1.82) is 0 Å². The van der Waals surface area contributed by atoms with Gasteiger partial charge in [-0.15, -0.1) is 11.3 Å². The molecule has 1 heterocycles. The van der Waals surface area contributed by atoms with Crippen LogP contribution in [-0.2, 0) is 11.0 Å². The zero-order valence-corrected chi connectivity index (χ0v) is 11.3. The van der Waals surface area contributed by atoms with Crippen LogP contribution in [0.2, 0.25) is 0 Å². The number of alkyl halides is 3. The molecule has 0 fully saturated rings. The molecule has 1 unspecified atom stereocenters. The largest absolute Gasteiger partial charge is 0.480 e. The zero-order valence-electron chi connectivity index (χ0n) is 10.5. The first-order valence-corrected chi connectivity index (χ1v) is 6.70. The van der Waals surface area contributed by atoms with Gasteiger partial charge in [0, 0.05) is 5.38 Å². The van der Waals surface area contributed by atoms with E-state index in [0.29, 0.717) is 17.8 Å². The van der Waals surface area contributed by atoms with Crippen LogP contribution < -0.4 is 5.32 Å². The van der Waals surface area contributed by atoms with Gasteiger partial charge in [-0.3, -0.25) is 4.79 Å². The van der Waals surface area contributed by atoms with E-state index in [1.807, 2.05) is 6.92 Å². The lowest BCUT2D eigenvalue weighted by Gasteiger charge is -2.12. The van der Waals surface area contributed by atoms with E-state index in [2.05, 4.69) is 10.3 Å². The Morgan fingerprint density at radius 1 is 1.50 bits per heavy atom. The maximum absolute atomic E-state index is 12.3. The number of hydrogen-bond donors (Lipinski definition) is 2. The fourth-order valence-electron chi connectivity index (χ4n) is 1.41. The van der Waals surface area contributed by atoms with Gasteiger partial charge in [0.2, 0.25) is 0 Å². The second kappa shape index (κ2) is 6.69. The van der Waals surface area contributed by atoms with Crippen molar-refractivity contribution in [3.8, 4) is 0 Å². The van der Waals surface area contributed by atoms with Crippen molar-refractivity contribution in [1.82, 2.24) is 10.3 Å². The van der Waals surface area contributed by atoms with Crippen molar-refractivity contribution < 1.29 is 27.9 Å². The highest BCUT2D eigenvalue weighted by Gasteiger charge is 2.35. The number of unbranched alkanes of at least 4 members (excludes halogenated alkanes) is 1. The molecular weight excluding hydrogens is 297 g/mol. The molecule has 0 aromatic carbocycles. The van der Waals surface area contributed by atoms with Gasteiger partial charge < -0.3 is 10.4 Å². The molecule has 0 aliphatic rings. The van der Waals surface area contributed by atoms with Gasteiger partial charge in [0.25, 0.3) is 5.91 Å². The summed E-state index contributed by atoms with van der Waals surface area (Å²) in [4.78, 5) is 25.8. The standard InChI is InChI=1S/C11H13F3N2O3S/c1-2-3-4-6(9(18)19)15-8(17)7-5-20-10(16-7)11(12,13)14/h5-6H,2-4H2,1H3,(H,15,17)(H,18,19). The molecule has 1 aromatic heterocycles. The van der Waals surface area contributed by atoms with Crippen LogP contribution in [0.3, 0.4) is 0 Å². The molecule has 1 amide bonds. The Morgan fingerprint density at radius 2 is 2.15 bits per heavy atom. The molecule has 1 atom stereocenters. The maximum atomic E-state index is 12.3. The number of rotatable bonds is 6. The smallest absolute Gasteiger partial charge is 0.443 e. The Labute approximate surface area is 116 Å². The van der Waals surface area contributed by atoms with Crippen LogP contribution in [0.1, 0.15) is 41.7 Å². The monoisotopic (exact) mass is 310 g/mol. The highest BCUT2D eigenvalue weighted by Crippen LogP contribution is 2.31. The fourth-order valence-corrected chi connectivity index (χ4v) is 2.07. The maximum Gasteiger partial charge on any atom is 0.443 e. The highest BCUT2D eigenvalue weighted by molar-refractivity contribution is 7.09. The van der Waals surface area contributed by atoms with Gasteiger partial charge in [0.1, 0.15) is 11.7 Å². The summed E-state index contributed by atoms with van der Waals surface area (Å²) in [5, 5.41) is 10.9. The van der Waals surface area contributed by atoms with E-state index < -0.39 is 34.8 Å². The fraction of sp³-hybridized carbons (Fsp3) is 0.545. The Bertz CT molecular complexity index is 488. The van der Waals surface area contributed by atoms with Crippen LogP contribution in [0.15, 0.2) is 5.38 Å². The normalized spacial score (nSPS) is 13.0. The predicted octanol–water partition coefficient (Wildman–Crippen LogP) is 2.54. The first-order valence-electron chi connectivity index (χ1n) is 5.82. The molecule has 0 radical (unpaired) electrons. The number of thiazole rings is 1. The number of carbonyl (C=O) groups is 2. The van der Waals surface area contributed by atoms with Crippen molar-refractivity contribution in [3.05, 3.63) is 16.1 Å². The second-order valence-electron chi connectivity index (χ2n) is 4.04. The number of amides is 1. The number of nitrogens with zero attached hydrogens (tertiary/aromatic N) is 1. The number of nitrogens with one attached hydrogen (secondary N) is 1. The van der Waals surface area contributed by atoms with Crippen molar-refractivity contribution in [2.75, 3.05) is 0 Å². The summed E-state index contributed by atoms with van der Waals surface area (Å²) in [7, 11) is 0. The molecule has 0 aliphatic heterocycles.